The lowest BCUT2D eigenvalue weighted by Gasteiger charge is -2.17. The minimum atomic E-state index is -0.279. The zero-order valence-electron chi connectivity index (χ0n) is 24.9. The SMILES string of the molecule is COc1cc(C)c(-c2nc3ccccc3c(=O)n2N=Cc2cccc(OCC(=O)Nc3ccc(C)cc3)c2)cc1C(C)C. The van der Waals surface area contributed by atoms with Crippen molar-refractivity contribution in [3.8, 4) is 22.9 Å². The number of nitrogens with one attached hydrogen (secondary N) is 1. The zero-order chi connectivity index (χ0) is 30.5. The van der Waals surface area contributed by atoms with Crippen molar-refractivity contribution >= 4 is 28.7 Å². The van der Waals surface area contributed by atoms with Crippen molar-refractivity contribution < 1.29 is 14.3 Å². The number of benzene rings is 4. The van der Waals surface area contributed by atoms with Crippen molar-refractivity contribution in [2.45, 2.75) is 33.6 Å². The number of amides is 1. The predicted molar refractivity (Wildman–Crippen MR) is 172 cm³/mol. The third-order valence-electron chi connectivity index (χ3n) is 7.08. The molecule has 8 nitrogen and oxygen atoms in total. The highest BCUT2D eigenvalue weighted by atomic mass is 16.5. The maximum atomic E-state index is 13.7. The molecule has 218 valence electrons. The van der Waals surface area contributed by atoms with E-state index in [4.69, 9.17) is 14.5 Å². The van der Waals surface area contributed by atoms with Gasteiger partial charge in [-0.1, -0.05) is 55.8 Å². The van der Waals surface area contributed by atoms with Crippen molar-refractivity contribution in [2.24, 2.45) is 5.10 Å². The van der Waals surface area contributed by atoms with E-state index in [9.17, 15) is 9.59 Å². The van der Waals surface area contributed by atoms with Crippen LogP contribution in [-0.2, 0) is 4.79 Å². The molecule has 0 unspecified atom stereocenters. The highest BCUT2D eigenvalue weighted by Gasteiger charge is 2.18. The van der Waals surface area contributed by atoms with E-state index in [1.165, 1.54) is 4.68 Å². The van der Waals surface area contributed by atoms with Gasteiger partial charge in [0, 0.05) is 11.3 Å². The number of hydrogen-bond acceptors (Lipinski definition) is 6. The third kappa shape index (κ3) is 6.64. The normalized spacial score (nSPS) is 11.3. The second kappa shape index (κ2) is 12.7. The number of carbonyl (C=O) groups excluding carboxylic acids is 1. The van der Waals surface area contributed by atoms with E-state index in [0.29, 0.717) is 33.7 Å². The predicted octanol–water partition coefficient (Wildman–Crippen LogP) is 6.71. The van der Waals surface area contributed by atoms with Crippen LogP contribution in [0.2, 0.25) is 0 Å². The lowest BCUT2D eigenvalue weighted by Crippen LogP contribution is -2.21. The van der Waals surface area contributed by atoms with Crippen LogP contribution in [0, 0.1) is 13.8 Å². The molecule has 0 spiro atoms. The van der Waals surface area contributed by atoms with Crippen LogP contribution in [0.5, 0.6) is 11.5 Å². The summed E-state index contributed by atoms with van der Waals surface area (Å²) in [5, 5.41) is 7.90. The first kappa shape index (κ1) is 29.3. The maximum absolute atomic E-state index is 13.7. The van der Waals surface area contributed by atoms with Gasteiger partial charge >= 0.3 is 0 Å². The van der Waals surface area contributed by atoms with Gasteiger partial charge in [-0.3, -0.25) is 9.59 Å². The van der Waals surface area contributed by atoms with Gasteiger partial charge < -0.3 is 14.8 Å². The van der Waals surface area contributed by atoms with Gasteiger partial charge in [-0.25, -0.2) is 4.98 Å². The fourth-order valence-corrected chi connectivity index (χ4v) is 4.76. The van der Waals surface area contributed by atoms with E-state index in [1.807, 2.05) is 74.5 Å². The lowest BCUT2D eigenvalue weighted by atomic mass is 9.96. The highest BCUT2D eigenvalue weighted by molar-refractivity contribution is 5.92. The van der Waals surface area contributed by atoms with Crippen molar-refractivity contribution in [2.75, 3.05) is 19.0 Å². The molecule has 8 heteroatoms. The van der Waals surface area contributed by atoms with Gasteiger partial charge in [-0.2, -0.15) is 9.78 Å². The molecule has 0 atom stereocenters. The number of ether oxygens (including phenoxy) is 2. The maximum Gasteiger partial charge on any atom is 0.282 e. The molecule has 4 aromatic carbocycles. The number of rotatable bonds is 9. The molecule has 0 aliphatic heterocycles. The van der Waals surface area contributed by atoms with Gasteiger partial charge in [0.2, 0.25) is 0 Å². The number of para-hydroxylation sites is 1. The van der Waals surface area contributed by atoms with Crippen molar-refractivity contribution in [3.05, 3.63) is 118 Å². The van der Waals surface area contributed by atoms with E-state index in [1.54, 1.807) is 37.6 Å². The first-order chi connectivity index (χ1) is 20.7. The molecule has 0 saturated heterocycles. The number of anilines is 1. The molecular formula is C35H34N4O4. The minimum Gasteiger partial charge on any atom is -0.496 e. The fraction of sp³-hybridized carbons (Fsp3) is 0.200. The quantitative estimate of drug-likeness (QED) is 0.197. The summed E-state index contributed by atoms with van der Waals surface area (Å²) >= 11 is 0. The number of aromatic nitrogens is 2. The summed E-state index contributed by atoms with van der Waals surface area (Å²) in [4.78, 5) is 31.0. The molecule has 5 aromatic rings. The van der Waals surface area contributed by atoms with Crippen molar-refractivity contribution in [1.29, 1.82) is 0 Å². The van der Waals surface area contributed by atoms with E-state index >= 15 is 0 Å². The Bertz CT molecular complexity index is 1870. The summed E-state index contributed by atoms with van der Waals surface area (Å²) in [6.07, 6.45) is 1.59. The Morgan fingerprint density at radius 1 is 1.00 bits per heavy atom. The molecule has 0 fully saturated rings. The Kier molecular flexibility index (Phi) is 8.66. The molecule has 1 N–H and O–H groups in total. The van der Waals surface area contributed by atoms with E-state index < -0.39 is 0 Å². The number of fused-ring (bicyclic) bond motifs is 1. The summed E-state index contributed by atoms with van der Waals surface area (Å²) in [6, 6.07) is 26.0. The summed E-state index contributed by atoms with van der Waals surface area (Å²) in [5.74, 6) is 1.65. The van der Waals surface area contributed by atoms with Crippen LogP contribution in [0.15, 0.2) is 94.8 Å². The Balaban J connectivity index is 1.46. The van der Waals surface area contributed by atoms with Crippen LogP contribution in [0.1, 0.15) is 42.0 Å². The van der Waals surface area contributed by atoms with E-state index in [2.05, 4.69) is 24.3 Å². The molecule has 0 aliphatic rings. The molecule has 0 saturated carbocycles. The third-order valence-corrected chi connectivity index (χ3v) is 7.08. The number of hydrogen-bond donors (Lipinski definition) is 1. The number of nitrogens with zero attached hydrogens (tertiary/aromatic N) is 3. The Morgan fingerprint density at radius 2 is 1.77 bits per heavy atom. The molecule has 1 heterocycles. The molecular weight excluding hydrogens is 540 g/mol. The largest absolute Gasteiger partial charge is 0.496 e. The summed E-state index contributed by atoms with van der Waals surface area (Å²) in [5.41, 5.74) is 5.54. The second-order valence-corrected chi connectivity index (χ2v) is 10.7. The molecule has 0 aliphatic carbocycles. The minimum absolute atomic E-state index is 0.151. The van der Waals surface area contributed by atoms with Crippen LogP contribution in [0.3, 0.4) is 0 Å². The van der Waals surface area contributed by atoms with Crippen LogP contribution < -0.4 is 20.3 Å². The molecule has 0 bridgehead atoms. The monoisotopic (exact) mass is 574 g/mol. The fourth-order valence-electron chi connectivity index (χ4n) is 4.76. The van der Waals surface area contributed by atoms with Gasteiger partial charge in [-0.15, -0.1) is 0 Å². The van der Waals surface area contributed by atoms with Crippen LogP contribution in [-0.4, -0.2) is 35.5 Å². The average Bonchev–Trinajstić information content (AvgIpc) is 3.00. The van der Waals surface area contributed by atoms with E-state index in [0.717, 1.165) is 28.0 Å². The first-order valence-corrected chi connectivity index (χ1v) is 14.1. The molecule has 1 aromatic heterocycles. The van der Waals surface area contributed by atoms with Gasteiger partial charge in [0.15, 0.2) is 12.4 Å². The Hall–Kier alpha value is -5.24. The summed E-state index contributed by atoms with van der Waals surface area (Å²) in [6.45, 7) is 7.99. The van der Waals surface area contributed by atoms with Crippen LogP contribution in [0.4, 0.5) is 5.69 Å². The van der Waals surface area contributed by atoms with Gasteiger partial charge in [-0.05, 0) is 85.0 Å². The lowest BCUT2D eigenvalue weighted by molar-refractivity contribution is -0.118. The molecule has 1 amide bonds. The number of aryl methyl sites for hydroxylation is 2. The van der Waals surface area contributed by atoms with Crippen LogP contribution in [0.25, 0.3) is 22.3 Å². The topological polar surface area (TPSA) is 94.8 Å². The summed E-state index contributed by atoms with van der Waals surface area (Å²) in [7, 11) is 1.66. The van der Waals surface area contributed by atoms with Gasteiger partial charge in [0.05, 0.1) is 24.2 Å². The highest BCUT2D eigenvalue weighted by Crippen LogP contribution is 2.34. The Morgan fingerprint density at radius 3 is 2.51 bits per heavy atom. The standard InChI is InChI=1S/C35H34N4O4/c1-22(2)29-19-30(24(4)17-32(29)42-5)34-38-31-12-7-6-11-28(31)35(41)39(34)36-20-25-9-8-10-27(18-25)43-21-33(40)37-26-15-13-23(3)14-16-26/h6-20,22H,21H2,1-5H3,(H,37,40). The smallest absolute Gasteiger partial charge is 0.282 e. The Labute approximate surface area is 250 Å². The van der Waals surface area contributed by atoms with E-state index in [-0.39, 0.29) is 24.0 Å². The van der Waals surface area contributed by atoms with Gasteiger partial charge in [0.25, 0.3) is 11.5 Å². The molecule has 5 rings (SSSR count). The average molecular weight is 575 g/mol. The second-order valence-electron chi connectivity index (χ2n) is 10.7. The molecule has 43 heavy (non-hydrogen) atoms. The van der Waals surface area contributed by atoms with Crippen molar-refractivity contribution in [3.63, 3.8) is 0 Å². The number of methoxy groups -OCH3 is 1. The summed E-state index contributed by atoms with van der Waals surface area (Å²) < 4.78 is 12.7. The number of carbonyl (C=O) groups is 1. The molecule has 0 radical (unpaired) electrons. The first-order valence-electron chi connectivity index (χ1n) is 14.1. The van der Waals surface area contributed by atoms with Crippen molar-refractivity contribution in [1.82, 2.24) is 9.66 Å². The van der Waals surface area contributed by atoms with Crippen LogP contribution >= 0.6 is 0 Å². The van der Waals surface area contributed by atoms with Gasteiger partial charge in [0.1, 0.15) is 11.5 Å². The zero-order valence-corrected chi connectivity index (χ0v) is 24.9.